The largest absolute Gasteiger partial charge is 0.482 e. The van der Waals surface area contributed by atoms with E-state index >= 15 is 0 Å². The van der Waals surface area contributed by atoms with Crippen LogP contribution < -0.4 is 15.0 Å². The van der Waals surface area contributed by atoms with E-state index in [2.05, 4.69) is 10.3 Å². The van der Waals surface area contributed by atoms with E-state index in [1.165, 1.54) is 43.3 Å². The number of benzene rings is 2. The van der Waals surface area contributed by atoms with Crippen molar-refractivity contribution < 1.29 is 31.9 Å². The normalized spacial score (nSPS) is 11.5. The van der Waals surface area contributed by atoms with Crippen LogP contribution in [0.2, 0.25) is 0 Å². The lowest BCUT2D eigenvalue weighted by atomic mass is 10.2. The molecular weight excluding hydrogens is 474 g/mol. The lowest BCUT2D eigenvalue weighted by Gasteiger charge is -2.18. The third-order valence-corrected chi connectivity index (χ3v) is 5.15. The summed E-state index contributed by atoms with van der Waals surface area (Å²) in [6, 6.07) is 10.2. The maximum Gasteiger partial charge on any atom is 0.422 e. The molecule has 0 atom stereocenters. The van der Waals surface area contributed by atoms with Gasteiger partial charge in [0.1, 0.15) is 11.6 Å². The first-order chi connectivity index (χ1) is 16.0. The highest BCUT2D eigenvalue weighted by atomic mass is 32.1. The molecular formula is C23H19F4N3O3S. The number of aromatic nitrogens is 1. The summed E-state index contributed by atoms with van der Waals surface area (Å²) in [4.78, 5) is 29.8. The molecule has 1 heterocycles. The van der Waals surface area contributed by atoms with Crippen LogP contribution in [0.4, 0.5) is 34.1 Å². The molecule has 2 amide bonds. The first kappa shape index (κ1) is 24.9. The molecule has 6 nitrogen and oxygen atoms in total. The molecule has 1 N–H and O–H groups in total. The SMILES string of the molecule is CC(=O)N(c1nc(C=CC(=O)Nc2ccc(C)cc2OCC(F)(F)F)cs1)c1ccccc1F. The predicted molar refractivity (Wildman–Crippen MR) is 122 cm³/mol. The van der Waals surface area contributed by atoms with Gasteiger partial charge in [-0.3, -0.25) is 14.5 Å². The molecule has 0 unspecified atom stereocenters. The fourth-order valence-corrected chi connectivity index (χ4v) is 3.69. The molecule has 34 heavy (non-hydrogen) atoms. The second kappa shape index (κ2) is 10.5. The van der Waals surface area contributed by atoms with Crippen molar-refractivity contribution >= 4 is 45.7 Å². The number of para-hydroxylation sites is 1. The lowest BCUT2D eigenvalue weighted by molar-refractivity contribution is -0.153. The third kappa shape index (κ3) is 6.64. The Hall–Kier alpha value is -3.73. The van der Waals surface area contributed by atoms with Gasteiger partial charge >= 0.3 is 6.18 Å². The summed E-state index contributed by atoms with van der Waals surface area (Å²) in [5.41, 5.74) is 1.11. The van der Waals surface area contributed by atoms with Crippen molar-refractivity contribution in [3.05, 3.63) is 71.0 Å². The van der Waals surface area contributed by atoms with E-state index in [9.17, 15) is 27.2 Å². The molecule has 11 heteroatoms. The molecule has 178 valence electrons. The molecule has 0 radical (unpaired) electrons. The molecule has 0 spiro atoms. The molecule has 0 bridgehead atoms. The second-order valence-corrected chi connectivity index (χ2v) is 7.92. The molecule has 0 saturated carbocycles. The van der Waals surface area contributed by atoms with Crippen LogP contribution in [-0.2, 0) is 9.59 Å². The predicted octanol–water partition coefficient (Wildman–Crippen LogP) is 5.87. The van der Waals surface area contributed by atoms with E-state index in [-0.39, 0.29) is 22.3 Å². The Kier molecular flexibility index (Phi) is 7.67. The van der Waals surface area contributed by atoms with E-state index in [1.807, 2.05) is 0 Å². The highest BCUT2D eigenvalue weighted by molar-refractivity contribution is 7.14. The van der Waals surface area contributed by atoms with Gasteiger partial charge in [-0.2, -0.15) is 13.2 Å². The maximum atomic E-state index is 14.2. The number of carbonyl (C=O) groups excluding carboxylic acids is 2. The molecule has 3 rings (SSSR count). The minimum atomic E-state index is -4.52. The van der Waals surface area contributed by atoms with Crippen LogP contribution in [-0.4, -0.2) is 29.6 Å². The number of hydrogen-bond donors (Lipinski definition) is 1. The smallest absolute Gasteiger partial charge is 0.422 e. The number of thiazole rings is 1. The van der Waals surface area contributed by atoms with Crippen molar-refractivity contribution in [1.82, 2.24) is 4.98 Å². The lowest BCUT2D eigenvalue weighted by Crippen LogP contribution is -2.23. The van der Waals surface area contributed by atoms with Crippen molar-refractivity contribution in [3.63, 3.8) is 0 Å². The molecule has 0 aliphatic heterocycles. The maximum absolute atomic E-state index is 14.2. The summed E-state index contributed by atoms with van der Waals surface area (Å²) in [6.45, 7) is 1.46. The zero-order chi connectivity index (χ0) is 24.9. The standard InChI is InChI=1S/C23H19F4N3O3S/c1-14-7-9-18(20(11-14)33-13-23(25,26)27)29-21(32)10-8-16-12-34-22(28-16)30(15(2)31)19-6-4-3-5-17(19)24/h3-12H,13H2,1-2H3,(H,29,32). The Morgan fingerprint density at radius 2 is 1.94 bits per heavy atom. The number of carbonyl (C=O) groups is 2. The first-order valence-corrected chi connectivity index (χ1v) is 10.7. The molecule has 2 aromatic carbocycles. The summed E-state index contributed by atoms with van der Waals surface area (Å²) < 4.78 is 56.5. The van der Waals surface area contributed by atoms with E-state index in [0.717, 1.165) is 22.3 Å². The summed E-state index contributed by atoms with van der Waals surface area (Å²) in [6.07, 6.45) is -2.03. The Bertz CT molecular complexity index is 1220. The zero-order valence-corrected chi connectivity index (χ0v) is 18.8. The van der Waals surface area contributed by atoms with Crippen LogP contribution >= 0.6 is 11.3 Å². The van der Waals surface area contributed by atoms with Gasteiger partial charge in [0.2, 0.25) is 11.8 Å². The van der Waals surface area contributed by atoms with Crippen molar-refractivity contribution in [2.24, 2.45) is 0 Å². The Morgan fingerprint density at radius 1 is 1.21 bits per heavy atom. The fraction of sp³-hybridized carbons (Fsp3) is 0.174. The van der Waals surface area contributed by atoms with E-state index < -0.39 is 30.4 Å². The van der Waals surface area contributed by atoms with Gasteiger partial charge in [-0.05, 0) is 42.8 Å². The fourth-order valence-electron chi connectivity index (χ4n) is 2.84. The van der Waals surface area contributed by atoms with Crippen LogP contribution in [0.3, 0.4) is 0 Å². The van der Waals surface area contributed by atoms with Crippen LogP contribution in [0, 0.1) is 12.7 Å². The summed E-state index contributed by atoms with van der Waals surface area (Å²) in [5, 5.41) is 4.25. The minimum absolute atomic E-state index is 0.0448. The number of rotatable bonds is 7. The molecule has 0 fully saturated rings. The highest BCUT2D eigenvalue weighted by Crippen LogP contribution is 2.31. The summed E-state index contributed by atoms with van der Waals surface area (Å²) >= 11 is 1.08. The number of anilines is 3. The molecule has 1 aromatic heterocycles. The molecule has 0 saturated heterocycles. The summed E-state index contributed by atoms with van der Waals surface area (Å²) in [5.74, 6) is -1.78. The average Bonchev–Trinajstić information content (AvgIpc) is 3.21. The van der Waals surface area contributed by atoms with Crippen molar-refractivity contribution in [2.45, 2.75) is 20.0 Å². The highest BCUT2D eigenvalue weighted by Gasteiger charge is 2.29. The van der Waals surface area contributed by atoms with Crippen LogP contribution in [0.15, 0.2) is 53.9 Å². The quantitative estimate of drug-likeness (QED) is 0.330. The Balaban J connectivity index is 1.73. The molecule has 0 aliphatic rings. The van der Waals surface area contributed by atoms with Gasteiger partial charge in [0, 0.05) is 18.4 Å². The van der Waals surface area contributed by atoms with Gasteiger partial charge in [0.25, 0.3) is 0 Å². The zero-order valence-electron chi connectivity index (χ0n) is 18.0. The molecule has 3 aromatic rings. The van der Waals surface area contributed by atoms with E-state index in [4.69, 9.17) is 4.74 Å². The summed E-state index contributed by atoms with van der Waals surface area (Å²) in [7, 11) is 0. The van der Waals surface area contributed by atoms with Crippen LogP contribution in [0.5, 0.6) is 5.75 Å². The number of nitrogens with one attached hydrogen (secondary N) is 1. The number of aryl methyl sites for hydroxylation is 1. The topological polar surface area (TPSA) is 71.5 Å². The van der Waals surface area contributed by atoms with Crippen molar-refractivity contribution in [3.8, 4) is 5.75 Å². The van der Waals surface area contributed by atoms with Gasteiger partial charge < -0.3 is 10.1 Å². The minimum Gasteiger partial charge on any atom is -0.482 e. The Labute approximate surface area is 196 Å². The van der Waals surface area contributed by atoms with Crippen molar-refractivity contribution in [2.75, 3.05) is 16.8 Å². The van der Waals surface area contributed by atoms with Gasteiger partial charge in [0.05, 0.1) is 17.1 Å². The van der Waals surface area contributed by atoms with E-state index in [0.29, 0.717) is 11.3 Å². The third-order valence-electron chi connectivity index (χ3n) is 4.30. The first-order valence-electron chi connectivity index (χ1n) is 9.83. The number of halogens is 4. The van der Waals surface area contributed by atoms with Crippen LogP contribution in [0.1, 0.15) is 18.2 Å². The van der Waals surface area contributed by atoms with Crippen molar-refractivity contribution in [1.29, 1.82) is 0 Å². The van der Waals surface area contributed by atoms with E-state index in [1.54, 1.807) is 24.4 Å². The second-order valence-electron chi connectivity index (χ2n) is 7.09. The van der Waals surface area contributed by atoms with Gasteiger partial charge in [-0.15, -0.1) is 11.3 Å². The van der Waals surface area contributed by atoms with Gasteiger partial charge in [-0.25, -0.2) is 9.37 Å². The monoisotopic (exact) mass is 493 g/mol. The molecule has 0 aliphatic carbocycles. The Morgan fingerprint density at radius 3 is 2.62 bits per heavy atom. The number of nitrogens with zero attached hydrogens (tertiary/aromatic N) is 2. The number of hydrogen-bond acceptors (Lipinski definition) is 5. The number of ether oxygens (including phenoxy) is 1. The number of amides is 2. The van der Waals surface area contributed by atoms with Crippen LogP contribution in [0.25, 0.3) is 6.08 Å². The van der Waals surface area contributed by atoms with Gasteiger partial charge in [-0.1, -0.05) is 18.2 Å². The number of alkyl halides is 3. The average molecular weight is 493 g/mol. The van der Waals surface area contributed by atoms with Gasteiger partial charge in [0.15, 0.2) is 11.7 Å².